The number of hydrogen-bond donors (Lipinski definition) is 3. The molecule has 0 atom stereocenters. The van der Waals surface area contributed by atoms with Gasteiger partial charge in [0.15, 0.2) is 10.5 Å². The van der Waals surface area contributed by atoms with Gasteiger partial charge in [0.25, 0.3) is 0 Å². The summed E-state index contributed by atoms with van der Waals surface area (Å²) in [6.45, 7) is 7.54. The minimum atomic E-state index is -0.125. The van der Waals surface area contributed by atoms with Gasteiger partial charge in [-0.1, -0.05) is 32.9 Å². The van der Waals surface area contributed by atoms with Gasteiger partial charge in [-0.2, -0.15) is 9.59 Å². The van der Waals surface area contributed by atoms with Crippen LogP contribution in [0.5, 0.6) is 5.75 Å². The lowest BCUT2D eigenvalue weighted by atomic mass is 9.91. The molecule has 0 saturated heterocycles. The second-order valence-electron chi connectivity index (χ2n) is 9.52. The molecule has 0 aromatic heterocycles. The Hall–Kier alpha value is -4.00. The molecule has 1 heterocycles. The molecule has 0 saturated carbocycles. The molecule has 0 bridgehead atoms. The first-order valence-corrected chi connectivity index (χ1v) is 11.9. The van der Waals surface area contributed by atoms with E-state index >= 15 is 0 Å². The Morgan fingerprint density at radius 2 is 1.72 bits per heavy atom. The third kappa shape index (κ3) is 7.01. The number of phenols is 1. The van der Waals surface area contributed by atoms with Gasteiger partial charge in [0.1, 0.15) is 17.1 Å². The Morgan fingerprint density at radius 1 is 1.03 bits per heavy atom. The number of aromatic hydroxyl groups is 1. The van der Waals surface area contributed by atoms with E-state index in [4.69, 9.17) is 26.2 Å². The van der Waals surface area contributed by atoms with Gasteiger partial charge in [-0.05, 0) is 72.4 Å². The van der Waals surface area contributed by atoms with Gasteiger partial charge in [0, 0.05) is 40.9 Å². The number of thiocarbonyl (C=S) groups is 1. The summed E-state index contributed by atoms with van der Waals surface area (Å²) < 4.78 is 5.92. The first-order valence-electron chi connectivity index (χ1n) is 11.5. The van der Waals surface area contributed by atoms with Crippen LogP contribution in [-0.4, -0.2) is 22.9 Å². The molecule has 0 unspecified atom stereocenters. The van der Waals surface area contributed by atoms with Crippen LogP contribution in [0.1, 0.15) is 33.6 Å². The summed E-state index contributed by atoms with van der Waals surface area (Å²) in [5.74, 6) is 0.594. The molecule has 1 aliphatic heterocycles. The average molecular weight is 505 g/mol. The van der Waals surface area contributed by atoms with Crippen LogP contribution in [0.4, 0.5) is 5.69 Å². The molecule has 0 spiro atoms. The molecular formula is C28H28N2O5S. The third-order valence-electron chi connectivity index (χ3n) is 5.50. The maximum atomic E-state index is 11.9. The average Bonchev–Trinajstić information content (AvgIpc) is 2.81. The zero-order valence-electron chi connectivity index (χ0n) is 20.4. The standard InChI is InChI=1S/C27H28N2O3S.CO2/c1-27(2,3)13-4-14-28-26(33)29-18-7-5-17(6-8-18)25-21-11-9-19(30)15-23(21)32-24-16-20(31)10-12-22(24)25;2-1-3/h5-12,15-16,30H,4,13-14H2,1-3H3,(H2,28,29,33);. The van der Waals surface area contributed by atoms with Crippen molar-refractivity contribution in [3.05, 3.63) is 70.9 Å². The number of phenolic OH excluding ortho intramolecular Hbond substituents is 1. The van der Waals surface area contributed by atoms with Gasteiger partial charge in [0.2, 0.25) is 0 Å². The predicted molar refractivity (Wildman–Crippen MR) is 144 cm³/mol. The minimum Gasteiger partial charge on any atom is -0.508 e. The van der Waals surface area contributed by atoms with Gasteiger partial charge in [-0.3, -0.25) is 4.79 Å². The molecule has 1 aliphatic carbocycles. The van der Waals surface area contributed by atoms with E-state index in [9.17, 15) is 9.90 Å². The Bertz CT molecular complexity index is 1410. The minimum absolute atomic E-state index is 0.109. The molecule has 7 nitrogen and oxygen atoms in total. The van der Waals surface area contributed by atoms with Crippen molar-refractivity contribution in [2.24, 2.45) is 5.41 Å². The fraction of sp³-hybridized carbons (Fsp3) is 0.250. The van der Waals surface area contributed by atoms with Crippen LogP contribution < -0.4 is 16.1 Å². The van der Waals surface area contributed by atoms with Crippen LogP contribution >= 0.6 is 12.2 Å². The summed E-state index contributed by atoms with van der Waals surface area (Å²) in [5, 5.41) is 17.9. The number of nitrogens with one attached hydrogen (secondary N) is 2. The van der Waals surface area contributed by atoms with Crippen molar-refractivity contribution in [2.45, 2.75) is 33.6 Å². The SMILES string of the molecule is CC(C)(C)CCCNC(=S)Nc1ccc(-c2c3ccc(=O)cc-3oc3cc(O)ccc23)cc1.O=C=O. The Kier molecular flexibility index (Phi) is 8.59. The van der Waals surface area contributed by atoms with Gasteiger partial charge in [-0.15, -0.1) is 0 Å². The first kappa shape index (κ1) is 26.6. The molecule has 4 rings (SSSR count). The van der Waals surface area contributed by atoms with Gasteiger partial charge >= 0.3 is 6.15 Å². The quantitative estimate of drug-likeness (QED) is 0.178. The lowest BCUT2D eigenvalue weighted by Gasteiger charge is -2.18. The molecule has 8 heteroatoms. The highest BCUT2D eigenvalue weighted by Crippen LogP contribution is 2.40. The van der Waals surface area contributed by atoms with Gasteiger partial charge in [0.05, 0.1) is 0 Å². The van der Waals surface area contributed by atoms with Crippen LogP contribution in [-0.2, 0) is 9.59 Å². The highest BCUT2D eigenvalue weighted by atomic mass is 32.1. The zero-order chi connectivity index (χ0) is 26.3. The monoisotopic (exact) mass is 504 g/mol. The van der Waals surface area contributed by atoms with E-state index in [2.05, 4.69) is 31.4 Å². The largest absolute Gasteiger partial charge is 0.508 e. The van der Waals surface area contributed by atoms with E-state index < -0.39 is 0 Å². The van der Waals surface area contributed by atoms with Crippen molar-refractivity contribution >= 4 is 40.1 Å². The number of anilines is 1. The van der Waals surface area contributed by atoms with Crippen LogP contribution in [0.3, 0.4) is 0 Å². The summed E-state index contributed by atoms with van der Waals surface area (Å²) in [5.41, 5.74) is 4.36. The summed E-state index contributed by atoms with van der Waals surface area (Å²) in [7, 11) is 0. The summed E-state index contributed by atoms with van der Waals surface area (Å²) in [6, 6.07) is 17.8. The van der Waals surface area contributed by atoms with Crippen molar-refractivity contribution in [1.82, 2.24) is 5.32 Å². The van der Waals surface area contributed by atoms with Crippen LogP contribution in [0.15, 0.2) is 69.9 Å². The van der Waals surface area contributed by atoms with Crippen molar-refractivity contribution in [2.75, 3.05) is 11.9 Å². The van der Waals surface area contributed by atoms with Crippen molar-refractivity contribution in [3.8, 4) is 28.2 Å². The second-order valence-corrected chi connectivity index (χ2v) is 9.93. The fourth-order valence-corrected chi connectivity index (χ4v) is 4.11. The van der Waals surface area contributed by atoms with Crippen LogP contribution in [0.25, 0.3) is 33.4 Å². The first-order chi connectivity index (χ1) is 17.1. The number of rotatable bonds is 5. The van der Waals surface area contributed by atoms with Gasteiger partial charge < -0.3 is 20.2 Å². The molecule has 3 N–H and O–H groups in total. The van der Waals surface area contributed by atoms with Crippen molar-refractivity contribution in [1.29, 1.82) is 0 Å². The van der Waals surface area contributed by atoms with Crippen molar-refractivity contribution < 1.29 is 19.1 Å². The molecule has 36 heavy (non-hydrogen) atoms. The molecule has 0 fully saturated rings. The maximum absolute atomic E-state index is 11.9. The topological polar surface area (TPSA) is 109 Å². The molecule has 0 radical (unpaired) electrons. The Balaban J connectivity index is 0.00000115. The number of fused-ring (bicyclic) bond motifs is 2. The number of benzene rings is 3. The zero-order valence-corrected chi connectivity index (χ0v) is 21.2. The highest BCUT2D eigenvalue weighted by Gasteiger charge is 2.17. The molecule has 2 aliphatic rings. The smallest absolute Gasteiger partial charge is 0.373 e. The molecule has 2 aromatic rings. The normalized spacial score (nSPS) is 10.9. The number of hydrogen-bond acceptors (Lipinski definition) is 6. The van der Waals surface area contributed by atoms with E-state index in [1.54, 1.807) is 18.2 Å². The Labute approximate surface area is 214 Å². The lowest BCUT2D eigenvalue weighted by Crippen LogP contribution is -2.29. The van der Waals surface area contributed by atoms with E-state index in [1.165, 1.54) is 12.1 Å². The Morgan fingerprint density at radius 3 is 2.39 bits per heavy atom. The molecular weight excluding hydrogens is 476 g/mol. The molecule has 0 amide bonds. The lowest BCUT2D eigenvalue weighted by molar-refractivity contribution is -0.191. The maximum Gasteiger partial charge on any atom is 0.373 e. The van der Waals surface area contributed by atoms with E-state index in [0.29, 0.717) is 21.9 Å². The van der Waals surface area contributed by atoms with E-state index in [0.717, 1.165) is 47.2 Å². The molecule has 186 valence electrons. The summed E-state index contributed by atoms with van der Waals surface area (Å²) in [4.78, 5) is 28.1. The summed E-state index contributed by atoms with van der Waals surface area (Å²) >= 11 is 5.43. The third-order valence-corrected chi connectivity index (χ3v) is 5.74. The highest BCUT2D eigenvalue weighted by molar-refractivity contribution is 7.80. The number of carbonyl (C=O) groups excluding carboxylic acids is 2. The van der Waals surface area contributed by atoms with Crippen LogP contribution in [0.2, 0.25) is 0 Å². The van der Waals surface area contributed by atoms with E-state index in [-0.39, 0.29) is 17.3 Å². The van der Waals surface area contributed by atoms with Crippen LogP contribution in [0, 0.1) is 5.41 Å². The summed E-state index contributed by atoms with van der Waals surface area (Å²) in [6.07, 6.45) is 2.44. The second kappa shape index (κ2) is 11.6. The van der Waals surface area contributed by atoms with E-state index in [1.807, 2.05) is 30.3 Å². The van der Waals surface area contributed by atoms with Gasteiger partial charge in [-0.25, -0.2) is 0 Å². The molecule has 2 aromatic carbocycles. The fourth-order valence-electron chi connectivity index (χ4n) is 3.89. The predicted octanol–water partition coefficient (Wildman–Crippen LogP) is 5.80. The van der Waals surface area contributed by atoms with Crippen molar-refractivity contribution in [3.63, 3.8) is 0 Å².